The maximum absolute atomic E-state index is 5.97. The second-order valence-corrected chi connectivity index (χ2v) is 5.08. The van der Waals surface area contributed by atoms with Crippen LogP contribution in [0.1, 0.15) is 26.2 Å². The lowest BCUT2D eigenvalue weighted by Crippen LogP contribution is -2.40. The van der Waals surface area contributed by atoms with Crippen molar-refractivity contribution in [2.75, 3.05) is 30.3 Å². The Morgan fingerprint density at radius 2 is 2.44 bits per heavy atom. The normalized spacial score (nSPS) is 20.1. The number of hydrogen-bond acceptors (Lipinski definition) is 4. The van der Waals surface area contributed by atoms with Crippen LogP contribution in [0.5, 0.6) is 0 Å². The van der Waals surface area contributed by atoms with E-state index in [1.54, 1.807) is 12.3 Å². The van der Waals surface area contributed by atoms with Crippen LogP contribution in [0, 0.1) is 0 Å². The molecular weight excluding hydrogens is 250 g/mol. The van der Waals surface area contributed by atoms with Crippen LogP contribution in [0.3, 0.4) is 0 Å². The van der Waals surface area contributed by atoms with Gasteiger partial charge < -0.3 is 15.4 Å². The molecule has 1 aromatic heterocycles. The lowest BCUT2D eigenvalue weighted by Gasteiger charge is -2.34. The zero-order chi connectivity index (χ0) is 13.0. The minimum absolute atomic E-state index is 0.288. The third-order valence-corrected chi connectivity index (χ3v) is 3.30. The fourth-order valence-corrected chi connectivity index (χ4v) is 2.43. The molecule has 1 saturated heterocycles. The SMILES string of the molecule is CCCOC1CCCN(c2ncc(Cl)cc2N)C1. The number of ether oxygens (including phenoxy) is 1. The highest BCUT2D eigenvalue weighted by atomic mass is 35.5. The molecule has 100 valence electrons. The fourth-order valence-electron chi connectivity index (χ4n) is 2.26. The van der Waals surface area contributed by atoms with Crippen LogP contribution in [-0.2, 0) is 4.74 Å². The Hall–Kier alpha value is -1.00. The Kier molecular flexibility index (Phi) is 4.66. The van der Waals surface area contributed by atoms with Crippen molar-refractivity contribution in [1.29, 1.82) is 0 Å². The number of piperidine rings is 1. The van der Waals surface area contributed by atoms with E-state index in [0.29, 0.717) is 10.7 Å². The van der Waals surface area contributed by atoms with E-state index in [1.165, 1.54) is 0 Å². The van der Waals surface area contributed by atoms with Gasteiger partial charge in [-0.15, -0.1) is 0 Å². The van der Waals surface area contributed by atoms with Crippen molar-refractivity contribution in [1.82, 2.24) is 4.98 Å². The van der Waals surface area contributed by atoms with Crippen LogP contribution in [0.25, 0.3) is 0 Å². The van der Waals surface area contributed by atoms with E-state index in [0.717, 1.165) is 44.8 Å². The molecule has 0 radical (unpaired) electrons. The first-order valence-corrected chi connectivity index (χ1v) is 6.86. The van der Waals surface area contributed by atoms with E-state index in [1.807, 2.05) is 0 Å². The van der Waals surface area contributed by atoms with Gasteiger partial charge in [0.1, 0.15) is 0 Å². The van der Waals surface area contributed by atoms with Crippen molar-refractivity contribution in [3.05, 3.63) is 17.3 Å². The Bertz CT molecular complexity index is 400. The second-order valence-electron chi connectivity index (χ2n) is 4.65. The summed E-state index contributed by atoms with van der Waals surface area (Å²) in [4.78, 5) is 6.52. The summed E-state index contributed by atoms with van der Waals surface area (Å²) < 4.78 is 5.81. The maximum Gasteiger partial charge on any atom is 0.151 e. The molecule has 0 spiro atoms. The van der Waals surface area contributed by atoms with Gasteiger partial charge in [0, 0.05) is 25.9 Å². The lowest BCUT2D eigenvalue weighted by atomic mass is 10.1. The van der Waals surface area contributed by atoms with Crippen LogP contribution in [-0.4, -0.2) is 30.8 Å². The fraction of sp³-hybridized carbons (Fsp3) is 0.615. The number of anilines is 2. The van der Waals surface area contributed by atoms with Crippen LogP contribution in [0.2, 0.25) is 5.02 Å². The monoisotopic (exact) mass is 269 g/mol. The van der Waals surface area contributed by atoms with Gasteiger partial charge in [0.2, 0.25) is 0 Å². The molecule has 4 nitrogen and oxygen atoms in total. The number of nitrogens with two attached hydrogens (primary N) is 1. The summed E-state index contributed by atoms with van der Waals surface area (Å²) >= 11 is 5.87. The minimum Gasteiger partial charge on any atom is -0.396 e. The molecular formula is C13H20ClN3O. The van der Waals surface area contributed by atoms with Crippen molar-refractivity contribution < 1.29 is 4.74 Å². The van der Waals surface area contributed by atoms with Crippen LogP contribution in [0.15, 0.2) is 12.3 Å². The number of rotatable bonds is 4. The van der Waals surface area contributed by atoms with Gasteiger partial charge in [-0.05, 0) is 25.3 Å². The van der Waals surface area contributed by atoms with Gasteiger partial charge in [-0.3, -0.25) is 0 Å². The summed E-state index contributed by atoms with van der Waals surface area (Å²) in [6, 6.07) is 1.75. The van der Waals surface area contributed by atoms with Crippen LogP contribution < -0.4 is 10.6 Å². The highest BCUT2D eigenvalue weighted by Gasteiger charge is 2.22. The van der Waals surface area contributed by atoms with Crippen molar-refractivity contribution in [2.45, 2.75) is 32.3 Å². The summed E-state index contributed by atoms with van der Waals surface area (Å²) in [7, 11) is 0. The Balaban J connectivity index is 2.03. The maximum atomic E-state index is 5.97. The van der Waals surface area contributed by atoms with Crippen molar-refractivity contribution in [3.8, 4) is 0 Å². The molecule has 2 heterocycles. The van der Waals surface area contributed by atoms with E-state index >= 15 is 0 Å². The summed E-state index contributed by atoms with van der Waals surface area (Å²) in [5.74, 6) is 0.823. The highest BCUT2D eigenvalue weighted by Crippen LogP contribution is 2.26. The van der Waals surface area contributed by atoms with E-state index in [9.17, 15) is 0 Å². The van der Waals surface area contributed by atoms with Gasteiger partial charge in [0.25, 0.3) is 0 Å². The zero-order valence-electron chi connectivity index (χ0n) is 10.7. The van der Waals surface area contributed by atoms with Gasteiger partial charge in [-0.1, -0.05) is 18.5 Å². The molecule has 1 unspecified atom stereocenters. The molecule has 0 bridgehead atoms. The molecule has 1 fully saturated rings. The Morgan fingerprint density at radius 1 is 1.61 bits per heavy atom. The highest BCUT2D eigenvalue weighted by molar-refractivity contribution is 6.30. The van der Waals surface area contributed by atoms with E-state index in [-0.39, 0.29) is 6.10 Å². The summed E-state index contributed by atoms with van der Waals surface area (Å²) in [6.07, 6.45) is 5.21. The molecule has 1 aliphatic heterocycles. The van der Waals surface area contributed by atoms with Crippen LogP contribution >= 0.6 is 11.6 Å². The molecule has 2 N–H and O–H groups in total. The zero-order valence-corrected chi connectivity index (χ0v) is 11.5. The molecule has 18 heavy (non-hydrogen) atoms. The largest absolute Gasteiger partial charge is 0.396 e. The summed E-state index contributed by atoms with van der Waals surface area (Å²) in [5.41, 5.74) is 6.61. The smallest absolute Gasteiger partial charge is 0.151 e. The summed E-state index contributed by atoms with van der Waals surface area (Å²) in [6.45, 7) is 4.78. The van der Waals surface area contributed by atoms with Gasteiger partial charge in [-0.2, -0.15) is 0 Å². The van der Waals surface area contributed by atoms with Gasteiger partial charge in [0.05, 0.1) is 16.8 Å². The quantitative estimate of drug-likeness (QED) is 0.913. The predicted octanol–water partition coefficient (Wildman–Crippen LogP) is 2.71. The van der Waals surface area contributed by atoms with Crippen molar-refractivity contribution in [2.24, 2.45) is 0 Å². The number of hydrogen-bond donors (Lipinski definition) is 1. The first kappa shape index (κ1) is 13.4. The Labute approximate surface area is 113 Å². The topological polar surface area (TPSA) is 51.4 Å². The first-order chi connectivity index (χ1) is 8.70. The molecule has 0 aromatic carbocycles. The lowest BCUT2D eigenvalue weighted by molar-refractivity contribution is 0.0439. The van der Waals surface area contributed by atoms with Gasteiger partial charge in [0.15, 0.2) is 5.82 Å². The average molecular weight is 270 g/mol. The summed E-state index contributed by atoms with van der Waals surface area (Å²) in [5, 5.41) is 0.576. The Morgan fingerprint density at radius 3 is 3.17 bits per heavy atom. The van der Waals surface area contributed by atoms with Gasteiger partial charge in [-0.25, -0.2) is 4.98 Å². The molecule has 0 saturated carbocycles. The number of nitrogen functional groups attached to an aromatic ring is 1. The molecule has 1 aliphatic rings. The number of halogens is 1. The van der Waals surface area contributed by atoms with Crippen molar-refractivity contribution in [3.63, 3.8) is 0 Å². The minimum atomic E-state index is 0.288. The third-order valence-electron chi connectivity index (χ3n) is 3.10. The van der Waals surface area contributed by atoms with Gasteiger partial charge >= 0.3 is 0 Å². The number of aromatic nitrogens is 1. The standard InChI is InChI=1S/C13H20ClN3O/c1-2-6-18-11-4-3-5-17(9-11)13-12(15)7-10(14)8-16-13/h7-8,11H,2-6,9,15H2,1H3. The third kappa shape index (κ3) is 3.27. The first-order valence-electron chi connectivity index (χ1n) is 6.48. The predicted molar refractivity (Wildman–Crippen MR) is 75.1 cm³/mol. The molecule has 1 aromatic rings. The molecule has 0 aliphatic carbocycles. The molecule has 2 rings (SSSR count). The van der Waals surface area contributed by atoms with E-state index in [4.69, 9.17) is 22.1 Å². The molecule has 0 amide bonds. The second kappa shape index (κ2) is 6.25. The van der Waals surface area contributed by atoms with Crippen LogP contribution in [0.4, 0.5) is 11.5 Å². The molecule has 1 atom stereocenters. The molecule has 5 heteroatoms. The number of pyridine rings is 1. The van der Waals surface area contributed by atoms with E-state index in [2.05, 4.69) is 16.8 Å². The average Bonchev–Trinajstić information content (AvgIpc) is 2.36. The van der Waals surface area contributed by atoms with E-state index < -0.39 is 0 Å². The number of nitrogens with zero attached hydrogens (tertiary/aromatic N) is 2. The van der Waals surface area contributed by atoms with Crippen molar-refractivity contribution >= 4 is 23.1 Å².